The zero-order valence-electron chi connectivity index (χ0n) is 12.3. The van der Waals surface area contributed by atoms with Crippen molar-refractivity contribution in [3.8, 4) is 0 Å². The Bertz CT molecular complexity index is 463. The van der Waals surface area contributed by atoms with E-state index in [1.165, 1.54) is 37.7 Å². The van der Waals surface area contributed by atoms with E-state index < -0.39 is 0 Å². The van der Waals surface area contributed by atoms with Crippen molar-refractivity contribution in [2.75, 3.05) is 13.1 Å². The first kappa shape index (κ1) is 14.0. The molecule has 1 aliphatic heterocycles. The molecule has 0 bridgehead atoms. The van der Waals surface area contributed by atoms with Crippen LogP contribution in [0.15, 0.2) is 35.3 Å². The molecule has 1 atom stereocenters. The van der Waals surface area contributed by atoms with Gasteiger partial charge in [0.2, 0.25) is 0 Å². The van der Waals surface area contributed by atoms with E-state index in [9.17, 15) is 0 Å². The predicted molar refractivity (Wildman–Crippen MR) is 88.3 cm³/mol. The molecule has 0 amide bonds. The van der Waals surface area contributed by atoms with E-state index >= 15 is 0 Å². The molecule has 0 spiro atoms. The van der Waals surface area contributed by atoms with E-state index in [2.05, 4.69) is 47.6 Å². The topological polar surface area (TPSA) is 24.4 Å². The summed E-state index contributed by atoms with van der Waals surface area (Å²) in [6.07, 6.45) is 6.87. The molecule has 2 aliphatic rings. The summed E-state index contributed by atoms with van der Waals surface area (Å²) in [6.45, 7) is 4.36. The summed E-state index contributed by atoms with van der Waals surface area (Å²) in [7, 11) is 0. The summed E-state index contributed by atoms with van der Waals surface area (Å²) < 4.78 is 0. The van der Waals surface area contributed by atoms with Crippen LogP contribution in [0.5, 0.6) is 0 Å². The lowest BCUT2D eigenvalue weighted by atomic mass is 9.83. The molecule has 1 aromatic carbocycles. The molecule has 1 N–H and O–H groups in total. The summed E-state index contributed by atoms with van der Waals surface area (Å²) in [4.78, 5) is 4.69. The molecule has 1 fully saturated rings. The lowest BCUT2D eigenvalue weighted by Crippen LogP contribution is -2.33. The zero-order chi connectivity index (χ0) is 13.8. The van der Waals surface area contributed by atoms with Crippen molar-refractivity contribution >= 4 is 16.9 Å². The number of aliphatic imine (C=N–C) groups is 1. The summed E-state index contributed by atoms with van der Waals surface area (Å²) >= 11 is 1.90. The van der Waals surface area contributed by atoms with Crippen LogP contribution >= 0.6 is 11.8 Å². The van der Waals surface area contributed by atoms with Crippen LogP contribution in [0.25, 0.3) is 0 Å². The van der Waals surface area contributed by atoms with Crippen LogP contribution in [0.3, 0.4) is 0 Å². The molecule has 1 aliphatic carbocycles. The van der Waals surface area contributed by atoms with Gasteiger partial charge < -0.3 is 5.32 Å². The first-order valence-corrected chi connectivity index (χ1v) is 8.69. The highest BCUT2D eigenvalue weighted by Gasteiger charge is 2.32. The average molecular weight is 288 g/mol. The number of benzene rings is 1. The number of nitrogens with zero attached hydrogens (tertiary/aromatic N) is 1. The van der Waals surface area contributed by atoms with Crippen molar-refractivity contribution in [2.24, 2.45) is 10.4 Å². The summed E-state index contributed by atoms with van der Waals surface area (Å²) in [5.41, 5.74) is 1.93. The lowest BCUT2D eigenvalue weighted by molar-refractivity contribution is 0.285. The Hall–Kier alpha value is -0.960. The molecule has 20 heavy (non-hydrogen) atoms. The van der Waals surface area contributed by atoms with Crippen LogP contribution in [-0.2, 0) is 0 Å². The van der Waals surface area contributed by atoms with Crippen LogP contribution in [0, 0.1) is 5.41 Å². The number of hydrogen-bond donors (Lipinski definition) is 1. The molecule has 1 saturated carbocycles. The Morgan fingerprint density at radius 3 is 2.70 bits per heavy atom. The molecule has 2 nitrogen and oxygen atoms in total. The first-order valence-electron chi connectivity index (χ1n) is 7.81. The number of hydrogen-bond acceptors (Lipinski definition) is 3. The van der Waals surface area contributed by atoms with Gasteiger partial charge in [-0.3, -0.25) is 4.99 Å². The zero-order valence-corrected chi connectivity index (χ0v) is 13.1. The lowest BCUT2D eigenvalue weighted by Gasteiger charge is -2.28. The van der Waals surface area contributed by atoms with Crippen molar-refractivity contribution in [3.63, 3.8) is 0 Å². The van der Waals surface area contributed by atoms with E-state index in [1.54, 1.807) is 0 Å². The number of rotatable bonds is 4. The van der Waals surface area contributed by atoms with E-state index in [-0.39, 0.29) is 0 Å². The average Bonchev–Trinajstić information content (AvgIpc) is 3.16. The van der Waals surface area contributed by atoms with E-state index in [1.807, 2.05) is 11.8 Å². The van der Waals surface area contributed by atoms with E-state index in [0.29, 0.717) is 10.7 Å². The molecule has 0 radical (unpaired) electrons. The van der Waals surface area contributed by atoms with Gasteiger partial charge in [0.15, 0.2) is 5.17 Å². The van der Waals surface area contributed by atoms with Crippen LogP contribution in [0.4, 0.5) is 0 Å². The SMILES string of the molecule is CCC1(CNC2=NCC(c3ccccc3)S2)CCCC1. The molecule has 0 saturated heterocycles. The molecular weight excluding hydrogens is 264 g/mol. The van der Waals surface area contributed by atoms with Gasteiger partial charge in [0.1, 0.15) is 0 Å². The summed E-state index contributed by atoms with van der Waals surface area (Å²) in [5.74, 6) is 0. The normalized spacial score (nSPS) is 24.6. The second-order valence-corrected chi connectivity index (χ2v) is 7.27. The van der Waals surface area contributed by atoms with Gasteiger partial charge in [-0.2, -0.15) is 0 Å². The molecule has 3 rings (SSSR count). The minimum absolute atomic E-state index is 0.500. The van der Waals surface area contributed by atoms with Crippen LogP contribution in [-0.4, -0.2) is 18.3 Å². The number of nitrogens with one attached hydrogen (secondary N) is 1. The summed E-state index contributed by atoms with van der Waals surface area (Å²) in [5, 5.41) is 5.28. The Balaban J connectivity index is 1.53. The quantitative estimate of drug-likeness (QED) is 0.888. The van der Waals surface area contributed by atoms with Crippen LogP contribution < -0.4 is 5.32 Å². The standard InChI is InChI=1S/C17H24N2S/c1-2-17(10-6-7-11-17)13-19-16-18-12-15(20-16)14-8-4-3-5-9-14/h3-5,8-9,15H,2,6-7,10-13H2,1H3,(H,18,19). The van der Waals surface area contributed by atoms with E-state index in [0.717, 1.165) is 18.3 Å². The minimum atomic E-state index is 0.500. The van der Waals surface area contributed by atoms with Crippen LogP contribution in [0.2, 0.25) is 0 Å². The first-order chi connectivity index (χ1) is 9.81. The van der Waals surface area contributed by atoms with Crippen molar-refractivity contribution in [3.05, 3.63) is 35.9 Å². The predicted octanol–water partition coefficient (Wildman–Crippen LogP) is 4.39. The van der Waals surface area contributed by atoms with Gasteiger partial charge in [0.05, 0.1) is 11.8 Å². The van der Waals surface area contributed by atoms with Gasteiger partial charge >= 0.3 is 0 Å². The summed E-state index contributed by atoms with van der Waals surface area (Å²) in [6, 6.07) is 10.7. The third-order valence-electron chi connectivity index (χ3n) is 4.85. The fraction of sp³-hybridized carbons (Fsp3) is 0.588. The Morgan fingerprint density at radius 2 is 2.00 bits per heavy atom. The molecular formula is C17H24N2S. The molecule has 1 aromatic rings. The second-order valence-electron chi connectivity index (χ2n) is 6.08. The van der Waals surface area contributed by atoms with Crippen molar-refractivity contribution < 1.29 is 0 Å². The molecule has 0 aromatic heterocycles. The Morgan fingerprint density at radius 1 is 1.25 bits per heavy atom. The third kappa shape index (κ3) is 3.03. The van der Waals surface area contributed by atoms with Crippen LogP contribution in [0.1, 0.15) is 49.8 Å². The third-order valence-corrected chi connectivity index (χ3v) is 6.06. The van der Waals surface area contributed by atoms with E-state index in [4.69, 9.17) is 0 Å². The van der Waals surface area contributed by atoms with Gasteiger partial charge in [-0.25, -0.2) is 0 Å². The fourth-order valence-corrected chi connectivity index (χ4v) is 4.37. The van der Waals surface area contributed by atoms with Crippen molar-refractivity contribution in [1.82, 2.24) is 5.32 Å². The monoisotopic (exact) mass is 288 g/mol. The van der Waals surface area contributed by atoms with Crippen molar-refractivity contribution in [2.45, 2.75) is 44.3 Å². The van der Waals surface area contributed by atoms with Crippen molar-refractivity contribution in [1.29, 1.82) is 0 Å². The highest BCUT2D eigenvalue weighted by atomic mass is 32.2. The second kappa shape index (κ2) is 6.21. The number of amidine groups is 1. The van der Waals surface area contributed by atoms with Gasteiger partial charge in [-0.05, 0) is 30.2 Å². The fourth-order valence-electron chi connectivity index (χ4n) is 3.36. The van der Waals surface area contributed by atoms with Gasteiger partial charge in [-0.15, -0.1) is 0 Å². The minimum Gasteiger partial charge on any atom is -0.364 e. The molecule has 1 heterocycles. The maximum atomic E-state index is 4.69. The maximum absolute atomic E-state index is 4.69. The smallest absolute Gasteiger partial charge is 0.157 e. The largest absolute Gasteiger partial charge is 0.364 e. The maximum Gasteiger partial charge on any atom is 0.157 e. The van der Waals surface area contributed by atoms with Gasteiger partial charge in [0.25, 0.3) is 0 Å². The molecule has 1 unspecified atom stereocenters. The Kier molecular flexibility index (Phi) is 4.35. The number of thioether (sulfide) groups is 1. The van der Waals surface area contributed by atoms with Gasteiger partial charge in [0, 0.05) is 6.54 Å². The molecule has 3 heteroatoms. The highest BCUT2D eigenvalue weighted by molar-refractivity contribution is 8.14. The molecule has 108 valence electrons. The van der Waals surface area contributed by atoms with Gasteiger partial charge in [-0.1, -0.05) is 61.9 Å². The Labute approximate surface area is 126 Å². The highest BCUT2D eigenvalue weighted by Crippen LogP contribution is 2.41.